The predicted octanol–water partition coefficient (Wildman–Crippen LogP) is 3.62. The standard InChI is InChI=1S/C20H30N2O/c1-15-7-5-6-12-22(15)14-20(23)21-16(2)18-11-10-17-8-3-4-9-19(17)13-18/h10-11,13,15-16H,3-9,12,14H2,1-2H3,(H,21,23)/t15-,16-/m0/s1. The van der Waals surface area contributed by atoms with Gasteiger partial charge in [0.2, 0.25) is 5.91 Å². The largest absolute Gasteiger partial charge is 0.348 e. The van der Waals surface area contributed by atoms with Gasteiger partial charge in [0.1, 0.15) is 0 Å². The first-order valence-corrected chi connectivity index (χ1v) is 9.28. The molecule has 1 aromatic carbocycles. The van der Waals surface area contributed by atoms with E-state index in [4.69, 9.17) is 0 Å². The van der Waals surface area contributed by atoms with Crippen molar-refractivity contribution in [1.29, 1.82) is 0 Å². The third kappa shape index (κ3) is 4.14. The topological polar surface area (TPSA) is 32.3 Å². The van der Waals surface area contributed by atoms with Crippen LogP contribution in [0.15, 0.2) is 18.2 Å². The van der Waals surface area contributed by atoms with E-state index < -0.39 is 0 Å². The molecule has 23 heavy (non-hydrogen) atoms. The minimum atomic E-state index is 0.0924. The minimum Gasteiger partial charge on any atom is -0.348 e. The van der Waals surface area contributed by atoms with Crippen molar-refractivity contribution in [3.05, 3.63) is 34.9 Å². The summed E-state index contributed by atoms with van der Waals surface area (Å²) >= 11 is 0. The van der Waals surface area contributed by atoms with E-state index in [1.807, 2.05) is 0 Å². The van der Waals surface area contributed by atoms with Gasteiger partial charge in [0, 0.05) is 6.04 Å². The fourth-order valence-electron chi connectivity index (χ4n) is 3.97. The quantitative estimate of drug-likeness (QED) is 0.920. The number of carbonyl (C=O) groups excluding carboxylic acids is 1. The zero-order valence-corrected chi connectivity index (χ0v) is 14.6. The smallest absolute Gasteiger partial charge is 0.234 e. The van der Waals surface area contributed by atoms with Gasteiger partial charge in [-0.1, -0.05) is 24.6 Å². The maximum Gasteiger partial charge on any atom is 0.234 e. The molecule has 3 nitrogen and oxygen atoms in total. The molecule has 1 fully saturated rings. The Bertz CT molecular complexity index is 555. The molecule has 3 heteroatoms. The van der Waals surface area contributed by atoms with Crippen molar-refractivity contribution in [1.82, 2.24) is 10.2 Å². The van der Waals surface area contributed by atoms with Crippen molar-refractivity contribution in [2.24, 2.45) is 0 Å². The molecule has 1 aliphatic heterocycles. The molecule has 0 unspecified atom stereocenters. The maximum absolute atomic E-state index is 12.4. The van der Waals surface area contributed by atoms with Crippen molar-refractivity contribution in [3.8, 4) is 0 Å². The third-order valence-corrected chi connectivity index (χ3v) is 5.54. The van der Waals surface area contributed by atoms with Gasteiger partial charge in [-0.2, -0.15) is 0 Å². The van der Waals surface area contributed by atoms with Crippen LogP contribution in [0.25, 0.3) is 0 Å². The molecule has 1 saturated heterocycles. The molecule has 2 aliphatic rings. The lowest BCUT2D eigenvalue weighted by Crippen LogP contribution is -2.44. The van der Waals surface area contributed by atoms with Crippen LogP contribution in [0.2, 0.25) is 0 Å². The van der Waals surface area contributed by atoms with Gasteiger partial charge in [0.15, 0.2) is 0 Å². The van der Waals surface area contributed by atoms with Crippen molar-refractivity contribution in [2.45, 2.75) is 70.9 Å². The first-order chi connectivity index (χ1) is 11.1. The van der Waals surface area contributed by atoms with Crippen LogP contribution in [0, 0.1) is 0 Å². The van der Waals surface area contributed by atoms with Gasteiger partial charge >= 0.3 is 0 Å². The second-order valence-corrected chi connectivity index (χ2v) is 7.34. The van der Waals surface area contributed by atoms with Crippen LogP contribution < -0.4 is 5.32 Å². The highest BCUT2D eigenvalue weighted by Crippen LogP contribution is 2.25. The lowest BCUT2D eigenvalue weighted by atomic mass is 9.89. The number of carbonyl (C=O) groups is 1. The molecule has 0 radical (unpaired) electrons. The number of hydrogen-bond donors (Lipinski definition) is 1. The molecule has 1 aromatic rings. The molecule has 1 heterocycles. The summed E-state index contributed by atoms with van der Waals surface area (Å²) in [5.41, 5.74) is 4.23. The number of likely N-dealkylation sites (tertiary alicyclic amines) is 1. The second kappa shape index (κ2) is 7.48. The number of hydrogen-bond acceptors (Lipinski definition) is 2. The molecule has 1 amide bonds. The predicted molar refractivity (Wildman–Crippen MR) is 94.5 cm³/mol. The lowest BCUT2D eigenvalue weighted by Gasteiger charge is -2.33. The summed E-state index contributed by atoms with van der Waals surface area (Å²) in [6, 6.07) is 7.39. The zero-order chi connectivity index (χ0) is 16.2. The summed E-state index contributed by atoms with van der Waals surface area (Å²) in [4.78, 5) is 14.7. The first kappa shape index (κ1) is 16.5. The van der Waals surface area contributed by atoms with Crippen molar-refractivity contribution < 1.29 is 4.79 Å². The summed E-state index contributed by atoms with van der Waals surface area (Å²) in [5, 5.41) is 3.19. The Morgan fingerprint density at radius 2 is 2.00 bits per heavy atom. The molecule has 0 spiro atoms. The van der Waals surface area contributed by atoms with Crippen LogP contribution in [-0.2, 0) is 17.6 Å². The van der Waals surface area contributed by atoms with Crippen LogP contribution in [0.3, 0.4) is 0 Å². The Hall–Kier alpha value is -1.35. The molecule has 0 bridgehead atoms. The van der Waals surface area contributed by atoms with Crippen LogP contribution in [-0.4, -0.2) is 29.9 Å². The molecule has 2 atom stereocenters. The second-order valence-electron chi connectivity index (χ2n) is 7.34. The number of fused-ring (bicyclic) bond motifs is 1. The Balaban J connectivity index is 1.57. The van der Waals surface area contributed by atoms with E-state index in [1.165, 1.54) is 61.6 Å². The Kier molecular flexibility index (Phi) is 5.37. The van der Waals surface area contributed by atoms with Gasteiger partial charge in [-0.05, 0) is 75.6 Å². The third-order valence-electron chi connectivity index (χ3n) is 5.54. The summed E-state index contributed by atoms with van der Waals surface area (Å²) in [5.74, 6) is 0.156. The summed E-state index contributed by atoms with van der Waals surface area (Å²) in [7, 11) is 0. The molecular formula is C20H30N2O. The maximum atomic E-state index is 12.4. The molecule has 0 aromatic heterocycles. The van der Waals surface area contributed by atoms with E-state index in [-0.39, 0.29) is 11.9 Å². The van der Waals surface area contributed by atoms with Gasteiger partial charge < -0.3 is 5.32 Å². The molecule has 126 valence electrons. The van der Waals surface area contributed by atoms with E-state index in [9.17, 15) is 4.79 Å². The molecule has 0 saturated carbocycles. The van der Waals surface area contributed by atoms with E-state index >= 15 is 0 Å². The normalized spacial score (nSPS) is 23.1. The van der Waals surface area contributed by atoms with Gasteiger partial charge in [-0.15, -0.1) is 0 Å². The van der Waals surface area contributed by atoms with Gasteiger partial charge in [0.05, 0.1) is 12.6 Å². The number of nitrogens with one attached hydrogen (secondary N) is 1. The fourth-order valence-corrected chi connectivity index (χ4v) is 3.97. The fraction of sp³-hybridized carbons (Fsp3) is 0.650. The molecular weight excluding hydrogens is 284 g/mol. The Morgan fingerprint density at radius 3 is 2.78 bits per heavy atom. The SMILES string of the molecule is C[C@H](NC(=O)CN1CCCC[C@@H]1C)c1ccc2c(c1)CCCC2. The monoisotopic (exact) mass is 314 g/mol. The summed E-state index contributed by atoms with van der Waals surface area (Å²) in [6.45, 7) is 5.93. The van der Waals surface area contributed by atoms with E-state index in [2.05, 4.69) is 42.3 Å². The lowest BCUT2D eigenvalue weighted by molar-refractivity contribution is -0.123. The summed E-state index contributed by atoms with van der Waals surface area (Å²) in [6.07, 6.45) is 8.74. The number of benzene rings is 1. The van der Waals surface area contributed by atoms with Crippen LogP contribution in [0.4, 0.5) is 0 Å². The number of aryl methyl sites for hydroxylation is 2. The van der Waals surface area contributed by atoms with Crippen molar-refractivity contribution in [2.75, 3.05) is 13.1 Å². The molecule has 1 N–H and O–H groups in total. The van der Waals surface area contributed by atoms with Gasteiger partial charge in [0.25, 0.3) is 0 Å². The average molecular weight is 314 g/mol. The molecule has 3 rings (SSSR count). The summed E-state index contributed by atoms with van der Waals surface area (Å²) < 4.78 is 0. The van der Waals surface area contributed by atoms with Crippen LogP contribution in [0.5, 0.6) is 0 Å². The number of piperidine rings is 1. The number of amides is 1. The van der Waals surface area contributed by atoms with Gasteiger partial charge in [-0.25, -0.2) is 0 Å². The average Bonchev–Trinajstić information content (AvgIpc) is 2.56. The zero-order valence-electron chi connectivity index (χ0n) is 14.6. The highest BCUT2D eigenvalue weighted by Gasteiger charge is 2.21. The highest BCUT2D eigenvalue weighted by atomic mass is 16.2. The first-order valence-electron chi connectivity index (χ1n) is 9.28. The molecule has 1 aliphatic carbocycles. The van der Waals surface area contributed by atoms with Crippen LogP contribution >= 0.6 is 0 Å². The Morgan fingerprint density at radius 1 is 1.22 bits per heavy atom. The number of rotatable bonds is 4. The van der Waals surface area contributed by atoms with Gasteiger partial charge in [-0.3, -0.25) is 9.69 Å². The van der Waals surface area contributed by atoms with Crippen molar-refractivity contribution >= 4 is 5.91 Å². The highest BCUT2D eigenvalue weighted by molar-refractivity contribution is 5.78. The van der Waals surface area contributed by atoms with Crippen molar-refractivity contribution in [3.63, 3.8) is 0 Å². The van der Waals surface area contributed by atoms with Crippen LogP contribution in [0.1, 0.15) is 68.7 Å². The Labute approximate surface area is 140 Å². The van der Waals surface area contributed by atoms with E-state index in [0.29, 0.717) is 12.6 Å². The van der Waals surface area contributed by atoms with E-state index in [1.54, 1.807) is 0 Å². The number of nitrogens with zero attached hydrogens (tertiary/aromatic N) is 1. The minimum absolute atomic E-state index is 0.0924. The van der Waals surface area contributed by atoms with E-state index in [0.717, 1.165) is 6.54 Å².